The van der Waals surface area contributed by atoms with Gasteiger partial charge in [-0.15, -0.1) is 12.6 Å². The summed E-state index contributed by atoms with van der Waals surface area (Å²) in [5.41, 5.74) is 0.930. The van der Waals surface area contributed by atoms with Crippen LogP contribution in [-0.2, 0) is 17.9 Å². The van der Waals surface area contributed by atoms with Crippen molar-refractivity contribution in [2.45, 2.75) is 18.0 Å². The van der Waals surface area contributed by atoms with Crippen molar-refractivity contribution in [2.75, 3.05) is 6.61 Å². The highest BCUT2D eigenvalue weighted by molar-refractivity contribution is 7.80. The fourth-order valence-corrected chi connectivity index (χ4v) is 1.60. The molecule has 0 amide bonds. The third kappa shape index (κ3) is 1.28. The number of rotatable bonds is 0. The van der Waals surface area contributed by atoms with Crippen LogP contribution in [0.15, 0.2) is 21.8 Å². The lowest BCUT2D eigenvalue weighted by atomic mass is 10.3. The van der Waals surface area contributed by atoms with Crippen molar-refractivity contribution in [2.24, 2.45) is 0 Å². The highest BCUT2D eigenvalue weighted by Gasteiger charge is 2.09. The molecule has 1 aromatic rings. The Bertz CT molecular complexity index is 359. The van der Waals surface area contributed by atoms with Crippen LogP contribution in [0, 0.1) is 0 Å². The number of thiol groups is 1. The maximum Gasteiger partial charge on any atom is 0.251 e. The van der Waals surface area contributed by atoms with Crippen LogP contribution in [0.25, 0.3) is 0 Å². The van der Waals surface area contributed by atoms with Crippen molar-refractivity contribution in [1.82, 2.24) is 4.57 Å². The van der Waals surface area contributed by atoms with Crippen LogP contribution < -0.4 is 5.56 Å². The minimum absolute atomic E-state index is 0.0146. The van der Waals surface area contributed by atoms with E-state index in [-0.39, 0.29) is 5.56 Å². The number of fused-ring (bicyclic) bond motifs is 1. The van der Waals surface area contributed by atoms with Gasteiger partial charge in [0.05, 0.1) is 13.2 Å². The Labute approximate surface area is 75.4 Å². The lowest BCUT2D eigenvalue weighted by molar-refractivity contribution is 0.0821. The van der Waals surface area contributed by atoms with Gasteiger partial charge in [-0.05, 0) is 6.07 Å². The molecule has 2 heterocycles. The fraction of sp³-hybridized carbons (Fsp3) is 0.375. The third-order valence-corrected chi connectivity index (χ3v) is 2.17. The van der Waals surface area contributed by atoms with Crippen LogP contribution in [0.4, 0.5) is 0 Å². The SMILES string of the molecule is O=c1cc(S)cc2n1CCOC2. The summed E-state index contributed by atoms with van der Waals surface area (Å²) in [4.78, 5) is 12.0. The Kier molecular flexibility index (Phi) is 1.94. The molecule has 0 unspecified atom stereocenters. The zero-order valence-corrected chi connectivity index (χ0v) is 7.38. The fourth-order valence-electron chi connectivity index (χ4n) is 1.34. The van der Waals surface area contributed by atoms with Gasteiger partial charge in [-0.3, -0.25) is 4.79 Å². The van der Waals surface area contributed by atoms with E-state index in [1.165, 1.54) is 6.07 Å². The number of hydrogen-bond donors (Lipinski definition) is 1. The van der Waals surface area contributed by atoms with Crippen LogP contribution in [0.5, 0.6) is 0 Å². The van der Waals surface area contributed by atoms with Gasteiger partial charge in [-0.25, -0.2) is 0 Å². The molecular formula is C8H9NO2S. The monoisotopic (exact) mass is 183 g/mol. The molecule has 0 N–H and O–H groups in total. The van der Waals surface area contributed by atoms with Gasteiger partial charge in [0, 0.05) is 23.2 Å². The summed E-state index contributed by atoms with van der Waals surface area (Å²) >= 11 is 4.12. The number of ether oxygens (including phenoxy) is 1. The molecule has 0 bridgehead atoms. The Hall–Kier alpha value is -0.740. The van der Waals surface area contributed by atoms with Crippen LogP contribution in [-0.4, -0.2) is 11.2 Å². The molecule has 0 aliphatic carbocycles. The van der Waals surface area contributed by atoms with E-state index in [1.807, 2.05) is 6.07 Å². The van der Waals surface area contributed by atoms with E-state index in [1.54, 1.807) is 4.57 Å². The van der Waals surface area contributed by atoms with Gasteiger partial charge in [-0.1, -0.05) is 0 Å². The summed E-state index contributed by atoms with van der Waals surface area (Å²) in [7, 11) is 0. The van der Waals surface area contributed by atoms with Crippen LogP contribution in [0.1, 0.15) is 5.69 Å². The molecule has 0 fully saturated rings. The molecule has 0 atom stereocenters. The van der Waals surface area contributed by atoms with E-state index < -0.39 is 0 Å². The van der Waals surface area contributed by atoms with Crippen molar-refractivity contribution in [1.29, 1.82) is 0 Å². The second-order valence-electron chi connectivity index (χ2n) is 2.75. The van der Waals surface area contributed by atoms with E-state index in [9.17, 15) is 4.79 Å². The minimum Gasteiger partial charge on any atom is -0.373 e. The Balaban J connectivity index is 2.60. The second-order valence-corrected chi connectivity index (χ2v) is 3.26. The minimum atomic E-state index is 0.0146. The lowest BCUT2D eigenvalue weighted by Crippen LogP contribution is -2.29. The van der Waals surface area contributed by atoms with Crippen LogP contribution >= 0.6 is 12.6 Å². The molecule has 0 radical (unpaired) electrons. The predicted octanol–water partition coefficient (Wildman–Crippen LogP) is 0.667. The van der Waals surface area contributed by atoms with Crippen LogP contribution in [0.3, 0.4) is 0 Å². The predicted molar refractivity (Wildman–Crippen MR) is 47.6 cm³/mol. The molecule has 0 spiro atoms. The normalized spacial score (nSPS) is 15.8. The van der Waals surface area contributed by atoms with Gasteiger partial charge in [0.2, 0.25) is 0 Å². The van der Waals surface area contributed by atoms with E-state index in [2.05, 4.69) is 12.6 Å². The Morgan fingerprint density at radius 2 is 2.33 bits per heavy atom. The molecule has 1 aliphatic rings. The van der Waals surface area contributed by atoms with E-state index in [0.29, 0.717) is 24.7 Å². The molecule has 3 nitrogen and oxygen atoms in total. The molecule has 0 saturated carbocycles. The molecule has 2 rings (SSSR count). The second kappa shape index (κ2) is 2.95. The quantitative estimate of drug-likeness (QED) is 0.599. The van der Waals surface area contributed by atoms with E-state index in [4.69, 9.17) is 4.74 Å². The Morgan fingerprint density at radius 3 is 3.17 bits per heavy atom. The summed E-state index contributed by atoms with van der Waals surface area (Å²) in [5.74, 6) is 0. The first-order valence-corrected chi connectivity index (χ1v) is 4.22. The summed E-state index contributed by atoms with van der Waals surface area (Å²) in [6.45, 7) is 1.80. The molecular weight excluding hydrogens is 174 g/mol. The molecule has 0 aromatic carbocycles. The lowest BCUT2D eigenvalue weighted by Gasteiger charge is -2.18. The van der Waals surface area contributed by atoms with Gasteiger partial charge < -0.3 is 9.30 Å². The molecule has 12 heavy (non-hydrogen) atoms. The van der Waals surface area contributed by atoms with Gasteiger partial charge in [0.1, 0.15) is 0 Å². The summed E-state index contributed by atoms with van der Waals surface area (Å²) < 4.78 is 6.94. The highest BCUT2D eigenvalue weighted by atomic mass is 32.1. The number of aromatic nitrogens is 1. The first-order valence-electron chi connectivity index (χ1n) is 3.78. The largest absolute Gasteiger partial charge is 0.373 e. The smallest absolute Gasteiger partial charge is 0.251 e. The molecule has 4 heteroatoms. The third-order valence-electron chi connectivity index (χ3n) is 1.91. The highest BCUT2D eigenvalue weighted by Crippen LogP contribution is 2.10. The maximum atomic E-state index is 11.3. The van der Waals surface area contributed by atoms with Crippen molar-refractivity contribution >= 4 is 12.6 Å². The van der Waals surface area contributed by atoms with E-state index >= 15 is 0 Å². The zero-order valence-electron chi connectivity index (χ0n) is 6.49. The number of hydrogen-bond acceptors (Lipinski definition) is 3. The van der Waals surface area contributed by atoms with Crippen LogP contribution in [0.2, 0.25) is 0 Å². The molecule has 64 valence electrons. The number of pyridine rings is 1. The maximum absolute atomic E-state index is 11.3. The number of nitrogens with zero attached hydrogens (tertiary/aromatic N) is 1. The van der Waals surface area contributed by atoms with E-state index in [0.717, 1.165) is 5.69 Å². The standard InChI is InChI=1S/C8H9NO2S/c10-8-4-7(12)3-6-5-11-2-1-9(6)8/h3-4,12H,1-2,5H2. The molecule has 0 saturated heterocycles. The van der Waals surface area contributed by atoms with Gasteiger partial charge in [-0.2, -0.15) is 0 Å². The zero-order chi connectivity index (χ0) is 8.55. The first-order chi connectivity index (χ1) is 5.77. The first kappa shape index (κ1) is 7.89. The van der Waals surface area contributed by atoms with Gasteiger partial charge >= 0.3 is 0 Å². The van der Waals surface area contributed by atoms with Gasteiger partial charge in [0.25, 0.3) is 5.56 Å². The van der Waals surface area contributed by atoms with Crippen molar-refractivity contribution in [3.05, 3.63) is 28.2 Å². The molecule has 1 aromatic heterocycles. The van der Waals surface area contributed by atoms with Crippen molar-refractivity contribution in [3.63, 3.8) is 0 Å². The average Bonchev–Trinajstić information content (AvgIpc) is 2.04. The van der Waals surface area contributed by atoms with Gasteiger partial charge in [0.15, 0.2) is 0 Å². The Morgan fingerprint density at radius 1 is 1.50 bits per heavy atom. The van der Waals surface area contributed by atoms with Crippen molar-refractivity contribution < 1.29 is 4.74 Å². The summed E-state index contributed by atoms with van der Waals surface area (Å²) in [5, 5.41) is 0. The molecule has 1 aliphatic heterocycles. The topological polar surface area (TPSA) is 31.2 Å². The van der Waals surface area contributed by atoms with Crippen molar-refractivity contribution in [3.8, 4) is 0 Å². The average molecular weight is 183 g/mol. The summed E-state index contributed by atoms with van der Waals surface area (Å²) in [6, 6.07) is 3.39. The summed E-state index contributed by atoms with van der Waals surface area (Å²) in [6.07, 6.45) is 0.